The van der Waals surface area contributed by atoms with Gasteiger partial charge in [-0.2, -0.15) is 0 Å². The Morgan fingerprint density at radius 1 is 0.960 bits per heavy atom. The fraction of sp³-hybridized carbons (Fsp3) is 0.250. The summed E-state index contributed by atoms with van der Waals surface area (Å²) in [5.74, 6) is 1.59. The number of rotatable bonds is 7. The van der Waals surface area contributed by atoms with Crippen molar-refractivity contribution in [1.29, 1.82) is 0 Å². The number of methoxy groups -OCH3 is 3. The van der Waals surface area contributed by atoms with Crippen LogP contribution in [-0.4, -0.2) is 27.3 Å². The van der Waals surface area contributed by atoms with E-state index in [1.165, 1.54) is 18.7 Å². The number of esters is 1. The lowest BCUT2D eigenvalue weighted by molar-refractivity contribution is -0.128. The summed E-state index contributed by atoms with van der Waals surface area (Å²) in [7, 11) is 4.62. The number of hydrogen-bond acceptors (Lipinski definition) is 5. The maximum Gasteiger partial charge on any atom is 0.336 e. The van der Waals surface area contributed by atoms with Crippen LogP contribution in [0, 0.1) is 0 Å². The van der Waals surface area contributed by atoms with Crippen molar-refractivity contribution in [3.8, 4) is 23.0 Å². The molecule has 25 heavy (non-hydrogen) atoms. The second-order valence-corrected chi connectivity index (χ2v) is 5.21. The molecule has 0 atom stereocenters. The zero-order valence-corrected chi connectivity index (χ0v) is 14.9. The van der Waals surface area contributed by atoms with Crippen LogP contribution in [-0.2, 0) is 11.2 Å². The van der Waals surface area contributed by atoms with E-state index in [4.69, 9.17) is 18.9 Å². The summed E-state index contributed by atoms with van der Waals surface area (Å²) in [5, 5.41) is 0. The van der Waals surface area contributed by atoms with Gasteiger partial charge in [-0.05, 0) is 47.9 Å². The quantitative estimate of drug-likeness (QED) is 0.434. The van der Waals surface area contributed by atoms with Crippen LogP contribution < -0.4 is 18.9 Å². The second-order valence-electron chi connectivity index (χ2n) is 5.21. The Bertz CT molecular complexity index is 722. The van der Waals surface area contributed by atoms with E-state index in [0.717, 1.165) is 12.0 Å². The van der Waals surface area contributed by atoms with Gasteiger partial charge in [-0.1, -0.05) is 19.1 Å². The predicted molar refractivity (Wildman–Crippen MR) is 96.6 cm³/mol. The van der Waals surface area contributed by atoms with E-state index in [2.05, 4.69) is 6.92 Å². The number of carbonyl (C=O) groups is 1. The highest BCUT2D eigenvalue weighted by molar-refractivity contribution is 5.89. The average molecular weight is 342 g/mol. The summed E-state index contributed by atoms with van der Waals surface area (Å²) in [5.41, 5.74) is 1.92. The Labute approximate surface area is 147 Å². The number of benzene rings is 2. The summed E-state index contributed by atoms with van der Waals surface area (Å²) in [6.07, 6.45) is 3.93. The van der Waals surface area contributed by atoms with Crippen LogP contribution in [0.3, 0.4) is 0 Å². The molecular formula is C20H22O5. The molecule has 0 N–H and O–H groups in total. The molecule has 0 aliphatic rings. The van der Waals surface area contributed by atoms with Crippen molar-refractivity contribution < 1.29 is 23.7 Å². The molecule has 0 aliphatic carbocycles. The van der Waals surface area contributed by atoms with Crippen LogP contribution in [0.1, 0.15) is 18.1 Å². The fourth-order valence-corrected chi connectivity index (χ4v) is 2.31. The van der Waals surface area contributed by atoms with Crippen molar-refractivity contribution >= 4 is 12.0 Å². The standard InChI is InChI=1S/C20H22O5/c1-5-14-6-9-16(10-7-14)25-19(21)11-8-15-12-17(22-2)20(24-4)18(13-15)23-3/h6-13H,5H2,1-4H3/b11-8+. The summed E-state index contributed by atoms with van der Waals surface area (Å²) in [4.78, 5) is 12.0. The third-order valence-corrected chi connectivity index (χ3v) is 3.65. The highest BCUT2D eigenvalue weighted by Gasteiger charge is 2.12. The molecule has 132 valence electrons. The van der Waals surface area contributed by atoms with Crippen LogP contribution in [0.15, 0.2) is 42.5 Å². The van der Waals surface area contributed by atoms with Gasteiger partial charge in [-0.3, -0.25) is 0 Å². The van der Waals surface area contributed by atoms with Gasteiger partial charge < -0.3 is 18.9 Å². The first-order chi connectivity index (χ1) is 12.1. The molecule has 0 amide bonds. The third-order valence-electron chi connectivity index (χ3n) is 3.65. The lowest BCUT2D eigenvalue weighted by atomic mass is 10.1. The summed E-state index contributed by atoms with van der Waals surface area (Å²) < 4.78 is 21.1. The number of aryl methyl sites for hydroxylation is 1. The molecule has 0 unspecified atom stereocenters. The van der Waals surface area contributed by atoms with E-state index in [0.29, 0.717) is 23.0 Å². The summed E-state index contributed by atoms with van der Waals surface area (Å²) in [6.45, 7) is 2.07. The molecule has 2 aromatic carbocycles. The highest BCUT2D eigenvalue weighted by atomic mass is 16.5. The molecule has 0 fully saturated rings. The predicted octanol–water partition coefficient (Wildman–Crippen LogP) is 3.89. The maximum absolute atomic E-state index is 12.0. The first kappa shape index (κ1) is 18.4. The van der Waals surface area contributed by atoms with Gasteiger partial charge >= 0.3 is 5.97 Å². The van der Waals surface area contributed by atoms with E-state index < -0.39 is 5.97 Å². The van der Waals surface area contributed by atoms with Crippen LogP contribution in [0.25, 0.3) is 6.08 Å². The highest BCUT2D eigenvalue weighted by Crippen LogP contribution is 2.38. The number of hydrogen-bond donors (Lipinski definition) is 0. The van der Waals surface area contributed by atoms with Gasteiger partial charge in [0, 0.05) is 6.08 Å². The van der Waals surface area contributed by atoms with Crippen molar-refractivity contribution in [3.05, 3.63) is 53.6 Å². The molecule has 5 nitrogen and oxygen atoms in total. The molecule has 0 aliphatic heterocycles. The van der Waals surface area contributed by atoms with E-state index in [9.17, 15) is 4.79 Å². The van der Waals surface area contributed by atoms with E-state index in [-0.39, 0.29) is 0 Å². The monoisotopic (exact) mass is 342 g/mol. The molecule has 0 spiro atoms. The fourth-order valence-electron chi connectivity index (χ4n) is 2.31. The van der Waals surface area contributed by atoms with Crippen molar-refractivity contribution in [3.63, 3.8) is 0 Å². The molecule has 5 heteroatoms. The zero-order valence-electron chi connectivity index (χ0n) is 14.9. The molecule has 2 aromatic rings. The molecule has 2 rings (SSSR count). The van der Waals surface area contributed by atoms with Crippen LogP contribution in [0.4, 0.5) is 0 Å². The molecule has 0 saturated heterocycles. The topological polar surface area (TPSA) is 54.0 Å². The normalized spacial score (nSPS) is 10.6. The Morgan fingerprint density at radius 2 is 1.56 bits per heavy atom. The number of ether oxygens (including phenoxy) is 4. The molecule has 0 bridgehead atoms. The van der Waals surface area contributed by atoms with E-state index in [1.54, 1.807) is 44.6 Å². The van der Waals surface area contributed by atoms with Gasteiger partial charge in [0.1, 0.15) is 5.75 Å². The molecule has 0 heterocycles. The Morgan fingerprint density at radius 3 is 2.04 bits per heavy atom. The van der Waals surface area contributed by atoms with Crippen molar-refractivity contribution in [2.24, 2.45) is 0 Å². The SMILES string of the molecule is CCc1ccc(OC(=O)/C=C/c2cc(OC)c(OC)c(OC)c2)cc1. The molecular weight excluding hydrogens is 320 g/mol. The first-order valence-electron chi connectivity index (χ1n) is 7.90. The summed E-state index contributed by atoms with van der Waals surface area (Å²) in [6, 6.07) is 10.9. The van der Waals surface area contributed by atoms with Crippen LogP contribution >= 0.6 is 0 Å². The molecule has 0 radical (unpaired) electrons. The van der Waals surface area contributed by atoms with Crippen molar-refractivity contribution in [1.82, 2.24) is 0 Å². The van der Waals surface area contributed by atoms with Crippen LogP contribution in [0.2, 0.25) is 0 Å². The minimum atomic E-state index is -0.460. The van der Waals surface area contributed by atoms with Crippen molar-refractivity contribution in [2.45, 2.75) is 13.3 Å². The summed E-state index contributed by atoms with van der Waals surface area (Å²) >= 11 is 0. The third kappa shape index (κ3) is 4.76. The van der Waals surface area contributed by atoms with Crippen LogP contribution in [0.5, 0.6) is 23.0 Å². The Hall–Kier alpha value is -2.95. The number of carbonyl (C=O) groups excluding carboxylic acids is 1. The van der Waals surface area contributed by atoms with Gasteiger partial charge in [0.2, 0.25) is 5.75 Å². The Kier molecular flexibility index (Phi) is 6.46. The van der Waals surface area contributed by atoms with Gasteiger partial charge in [0.05, 0.1) is 21.3 Å². The largest absolute Gasteiger partial charge is 0.493 e. The van der Waals surface area contributed by atoms with Gasteiger partial charge in [-0.25, -0.2) is 4.79 Å². The smallest absolute Gasteiger partial charge is 0.336 e. The zero-order chi connectivity index (χ0) is 18.2. The van der Waals surface area contributed by atoms with E-state index in [1.807, 2.05) is 12.1 Å². The van der Waals surface area contributed by atoms with Crippen molar-refractivity contribution in [2.75, 3.05) is 21.3 Å². The molecule has 0 saturated carbocycles. The first-order valence-corrected chi connectivity index (χ1v) is 7.90. The second kappa shape index (κ2) is 8.78. The lowest BCUT2D eigenvalue weighted by Gasteiger charge is -2.12. The van der Waals surface area contributed by atoms with Gasteiger partial charge in [0.25, 0.3) is 0 Å². The molecule has 0 aromatic heterocycles. The average Bonchev–Trinajstić information content (AvgIpc) is 2.65. The Balaban J connectivity index is 2.13. The lowest BCUT2D eigenvalue weighted by Crippen LogP contribution is -2.03. The minimum absolute atomic E-state index is 0.460. The minimum Gasteiger partial charge on any atom is -0.493 e. The van der Waals surface area contributed by atoms with Gasteiger partial charge in [-0.15, -0.1) is 0 Å². The van der Waals surface area contributed by atoms with E-state index >= 15 is 0 Å². The maximum atomic E-state index is 12.0. The van der Waals surface area contributed by atoms with Gasteiger partial charge in [0.15, 0.2) is 11.5 Å².